The Balaban J connectivity index is 1.97. The Morgan fingerprint density at radius 1 is 1.12 bits per heavy atom. The van der Waals surface area contributed by atoms with Crippen molar-refractivity contribution >= 4 is 29.2 Å². The first kappa shape index (κ1) is 18.0. The molecular weight excluding hydrogens is 326 g/mol. The van der Waals surface area contributed by atoms with Gasteiger partial charge in [-0.3, -0.25) is 9.59 Å². The minimum Gasteiger partial charge on any atom is -0.481 e. The van der Waals surface area contributed by atoms with E-state index in [1.807, 2.05) is 25.1 Å². The maximum Gasteiger partial charge on any atom is 0.310 e. The first-order chi connectivity index (χ1) is 11.4. The molecule has 2 aromatic rings. The molecule has 0 aliphatic rings. The van der Waals surface area contributed by atoms with Gasteiger partial charge in [0.1, 0.15) is 0 Å². The average Bonchev–Trinajstić information content (AvgIpc) is 2.54. The summed E-state index contributed by atoms with van der Waals surface area (Å²) in [5.74, 6) is -1.74. The van der Waals surface area contributed by atoms with Crippen LogP contribution < -0.4 is 5.32 Å². The molecule has 5 heteroatoms. The van der Waals surface area contributed by atoms with Crippen LogP contribution in [0.3, 0.4) is 0 Å². The lowest BCUT2D eigenvalue weighted by molar-refractivity contribution is -0.138. The van der Waals surface area contributed by atoms with Gasteiger partial charge >= 0.3 is 5.97 Å². The first-order valence-electron chi connectivity index (χ1n) is 7.75. The number of rotatable bonds is 6. The van der Waals surface area contributed by atoms with Crippen LogP contribution in [0.4, 0.5) is 5.69 Å². The van der Waals surface area contributed by atoms with Crippen LogP contribution in [0.5, 0.6) is 0 Å². The number of anilines is 1. The molecule has 0 saturated heterocycles. The van der Waals surface area contributed by atoms with E-state index in [9.17, 15) is 9.59 Å². The van der Waals surface area contributed by atoms with E-state index in [4.69, 9.17) is 16.7 Å². The summed E-state index contributed by atoms with van der Waals surface area (Å²) >= 11 is 5.96. The number of carboxylic acids is 1. The number of carboxylic acid groups (broad SMARTS) is 1. The molecule has 0 radical (unpaired) electrons. The van der Waals surface area contributed by atoms with Gasteiger partial charge in [0.25, 0.3) is 0 Å². The van der Waals surface area contributed by atoms with Crippen LogP contribution in [0.2, 0.25) is 5.02 Å². The van der Waals surface area contributed by atoms with Crippen molar-refractivity contribution in [1.29, 1.82) is 0 Å². The van der Waals surface area contributed by atoms with Crippen molar-refractivity contribution < 1.29 is 14.7 Å². The zero-order valence-electron chi connectivity index (χ0n) is 13.6. The van der Waals surface area contributed by atoms with Gasteiger partial charge in [-0.25, -0.2) is 0 Å². The Hall–Kier alpha value is -2.33. The molecule has 4 nitrogen and oxygen atoms in total. The number of benzene rings is 2. The molecular formula is C19H20ClNO3. The van der Waals surface area contributed by atoms with E-state index < -0.39 is 11.9 Å². The Labute approximate surface area is 146 Å². The number of amides is 1. The quantitative estimate of drug-likeness (QED) is 0.818. The van der Waals surface area contributed by atoms with Crippen LogP contribution in [0.1, 0.15) is 30.9 Å². The maximum absolute atomic E-state index is 12.3. The van der Waals surface area contributed by atoms with Crippen molar-refractivity contribution in [3.8, 4) is 0 Å². The summed E-state index contributed by atoms with van der Waals surface area (Å²) in [5, 5.41) is 12.5. The number of hydrogen-bond acceptors (Lipinski definition) is 2. The van der Waals surface area contributed by atoms with Crippen molar-refractivity contribution in [2.45, 2.75) is 26.2 Å². The third-order valence-corrected chi connectivity index (χ3v) is 4.16. The topological polar surface area (TPSA) is 66.4 Å². The molecule has 2 atom stereocenters. The monoisotopic (exact) mass is 345 g/mol. The lowest BCUT2D eigenvalue weighted by Crippen LogP contribution is -2.22. The molecule has 0 fully saturated rings. The SMILES string of the molecule is CC(Cc1cccc(Cl)c1)C(=O)Nc1ccc(C(C)C(=O)O)cc1. The highest BCUT2D eigenvalue weighted by Crippen LogP contribution is 2.20. The predicted octanol–water partition coefficient (Wildman–Crippen LogP) is 4.35. The summed E-state index contributed by atoms with van der Waals surface area (Å²) in [6.45, 7) is 3.49. The molecule has 126 valence electrons. The average molecular weight is 346 g/mol. The lowest BCUT2D eigenvalue weighted by Gasteiger charge is -2.13. The largest absolute Gasteiger partial charge is 0.481 e. The Morgan fingerprint density at radius 3 is 2.38 bits per heavy atom. The van der Waals surface area contributed by atoms with E-state index in [2.05, 4.69) is 5.32 Å². The molecule has 0 spiro atoms. The lowest BCUT2D eigenvalue weighted by atomic mass is 9.99. The fourth-order valence-corrected chi connectivity index (χ4v) is 2.59. The highest BCUT2D eigenvalue weighted by molar-refractivity contribution is 6.30. The third kappa shape index (κ3) is 4.83. The van der Waals surface area contributed by atoms with E-state index in [1.54, 1.807) is 37.3 Å². The fourth-order valence-electron chi connectivity index (χ4n) is 2.37. The molecule has 2 unspecified atom stereocenters. The molecule has 0 saturated carbocycles. The normalized spacial score (nSPS) is 13.1. The smallest absolute Gasteiger partial charge is 0.310 e. The van der Waals surface area contributed by atoms with Gasteiger partial charge in [0.05, 0.1) is 5.92 Å². The second-order valence-corrected chi connectivity index (χ2v) is 6.34. The van der Waals surface area contributed by atoms with Gasteiger partial charge in [-0.15, -0.1) is 0 Å². The maximum atomic E-state index is 12.3. The van der Waals surface area contributed by atoms with Gasteiger partial charge in [0.15, 0.2) is 0 Å². The summed E-state index contributed by atoms with van der Waals surface area (Å²) in [7, 11) is 0. The van der Waals surface area contributed by atoms with Crippen molar-refractivity contribution in [2.24, 2.45) is 5.92 Å². The third-order valence-electron chi connectivity index (χ3n) is 3.93. The van der Waals surface area contributed by atoms with E-state index in [-0.39, 0.29) is 11.8 Å². The van der Waals surface area contributed by atoms with E-state index in [0.717, 1.165) is 5.56 Å². The fraction of sp³-hybridized carbons (Fsp3) is 0.263. The number of carbonyl (C=O) groups excluding carboxylic acids is 1. The second-order valence-electron chi connectivity index (χ2n) is 5.91. The summed E-state index contributed by atoms with van der Waals surface area (Å²) < 4.78 is 0. The van der Waals surface area contributed by atoms with Crippen molar-refractivity contribution in [3.63, 3.8) is 0 Å². The zero-order valence-corrected chi connectivity index (χ0v) is 14.4. The van der Waals surface area contributed by atoms with Crippen LogP contribution in [-0.4, -0.2) is 17.0 Å². The molecule has 0 aromatic heterocycles. The minimum absolute atomic E-state index is 0.0889. The van der Waals surface area contributed by atoms with Gasteiger partial charge in [0, 0.05) is 16.6 Å². The molecule has 2 rings (SSSR count). The van der Waals surface area contributed by atoms with Crippen molar-refractivity contribution in [3.05, 3.63) is 64.7 Å². The molecule has 2 aromatic carbocycles. The highest BCUT2D eigenvalue weighted by Gasteiger charge is 2.16. The Kier molecular flexibility index (Phi) is 5.99. The predicted molar refractivity (Wildman–Crippen MR) is 95.4 cm³/mol. The van der Waals surface area contributed by atoms with Crippen LogP contribution in [0, 0.1) is 5.92 Å². The van der Waals surface area contributed by atoms with Crippen LogP contribution in [0.25, 0.3) is 0 Å². The van der Waals surface area contributed by atoms with Gasteiger partial charge in [0.2, 0.25) is 5.91 Å². The second kappa shape index (κ2) is 7.97. The van der Waals surface area contributed by atoms with Crippen LogP contribution in [-0.2, 0) is 16.0 Å². The number of aliphatic carboxylic acids is 1. The van der Waals surface area contributed by atoms with E-state index in [0.29, 0.717) is 22.7 Å². The highest BCUT2D eigenvalue weighted by atomic mass is 35.5. The van der Waals surface area contributed by atoms with Gasteiger partial charge in [-0.05, 0) is 48.7 Å². The number of nitrogens with one attached hydrogen (secondary N) is 1. The molecule has 0 aliphatic carbocycles. The first-order valence-corrected chi connectivity index (χ1v) is 8.12. The minimum atomic E-state index is -0.873. The van der Waals surface area contributed by atoms with Crippen molar-refractivity contribution in [2.75, 3.05) is 5.32 Å². The van der Waals surface area contributed by atoms with Gasteiger partial charge in [-0.1, -0.05) is 42.8 Å². The van der Waals surface area contributed by atoms with Gasteiger partial charge in [-0.2, -0.15) is 0 Å². The summed E-state index contributed by atoms with van der Waals surface area (Å²) in [4.78, 5) is 23.3. The van der Waals surface area contributed by atoms with E-state index >= 15 is 0 Å². The molecule has 2 N–H and O–H groups in total. The van der Waals surface area contributed by atoms with Crippen LogP contribution in [0.15, 0.2) is 48.5 Å². The van der Waals surface area contributed by atoms with Gasteiger partial charge < -0.3 is 10.4 Å². The molecule has 0 aliphatic heterocycles. The molecule has 0 bridgehead atoms. The summed E-state index contributed by atoms with van der Waals surface area (Å²) in [5.41, 5.74) is 2.36. The van der Waals surface area contributed by atoms with E-state index in [1.165, 1.54) is 0 Å². The number of hydrogen-bond donors (Lipinski definition) is 2. The standard InChI is InChI=1S/C19H20ClNO3/c1-12(10-14-4-3-5-16(20)11-14)18(22)21-17-8-6-15(7-9-17)13(2)19(23)24/h3-9,11-13H,10H2,1-2H3,(H,21,22)(H,23,24). The molecule has 24 heavy (non-hydrogen) atoms. The molecule has 1 amide bonds. The number of carbonyl (C=O) groups is 2. The molecule has 0 heterocycles. The van der Waals surface area contributed by atoms with Crippen molar-refractivity contribution in [1.82, 2.24) is 0 Å². The summed E-state index contributed by atoms with van der Waals surface area (Å²) in [6, 6.07) is 14.3. The summed E-state index contributed by atoms with van der Waals surface area (Å²) in [6.07, 6.45) is 0.598. The Bertz CT molecular complexity index is 728. The number of halogens is 1. The zero-order chi connectivity index (χ0) is 17.7. The Morgan fingerprint density at radius 2 is 1.79 bits per heavy atom. The van der Waals surface area contributed by atoms with Crippen LogP contribution >= 0.6 is 11.6 Å².